The summed E-state index contributed by atoms with van der Waals surface area (Å²) < 4.78 is 18.6. The van der Waals surface area contributed by atoms with Crippen molar-refractivity contribution in [2.24, 2.45) is 5.92 Å². The maximum atomic E-state index is 13.3. The van der Waals surface area contributed by atoms with Crippen LogP contribution in [0.5, 0.6) is 5.75 Å². The number of fused-ring (bicyclic) bond motifs is 1. The number of aryl methyl sites for hydroxylation is 1. The van der Waals surface area contributed by atoms with Crippen molar-refractivity contribution in [1.82, 2.24) is 9.80 Å². The molecule has 0 saturated carbocycles. The monoisotopic (exact) mass is 438 g/mol. The Morgan fingerprint density at radius 2 is 1.81 bits per heavy atom. The Morgan fingerprint density at radius 3 is 2.56 bits per heavy atom. The molecule has 32 heavy (non-hydrogen) atoms. The van der Waals surface area contributed by atoms with Gasteiger partial charge in [-0.3, -0.25) is 9.59 Å². The molecular formula is C26H31FN2O3. The van der Waals surface area contributed by atoms with Gasteiger partial charge in [0, 0.05) is 39.0 Å². The highest BCUT2D eigenvalue weighted by Crippen LogP contribution is 2.27. The van der Waals surface area contributed by atoms with Crippen molar-refractivity contribution >= 4 is 11.8 Å². The zero-order valence-electron chi connectivity index (χ0n) is 18.7. The summed E-state index contributed by atoms with van der Waals surface area (Å²) in [4.78, 5) is 29.3. The van der Waals surface area contributed by atoms with Gasteiger partial charge in [0.05, 0.1) is 7.11 Å². The van der Waals surface area contributed by atoms with E-state index < -0.39 is 0 Å². The van der Waals surface area contributed by atoms with Crippen molar-refractivity contribution in [2.45, 2.75) is 45.1 Å². The van der Waals surface area contributed by atoms with Gasteiger partial charge >= 0.3 is 0 Å². The molecule has 2 aliphatic heterocycles. The van der Waals surface area contributed by atoms with E-state index >= 15 is 0 Å². The van der Waals surface area contributed by atoms with Gasteiger partial charge in [0.2, 0.25) is 11.8 Å². The number of ether oxygens (including phenoxy) is 1. The molecule has 2 aromatic rings. The Balaban J connectivity index is 1.21. The van der Waals surface area contributed by atoms with E-state index in [4.69, 9.17) is 4.74 Å². The van der Waals surface area contributed by atoms with E-state index in [1.807, 2.05) is 21.9 Å². The van der Waals surface area contributed by atoms with E-state index in [1.165, 1.54) is 23.3 Å². The van der Waals surface area contributed by atoms with Gasteiger partial charge in [0.1, 0.15) is 11.6 Å². The summed E-state index contributed by atoms with van der Waals surface area (Å²) >= 11 is 0. The van der Waals surface area contributed by atoms with Crippen LogP contribution in [0.1, 0.15) is 42.4 Å². The van der Waals surface area contributed by atoms with Gasteiger partial charge < -0.3 is 14.5 Å². The molecule has 2 aliphatic rings. The number of nitrogens with zero attached hydrogens (tertiary/aromatic N) is 2. The lowest BCUT2D eigenvalue weighted by Crippen LogP contribution is -2.41. The van der Waals surface area contributed by atoms with Crippen LogP contribution in [0.15, 0.2) is 42.5 Å². The van der Waals surface area contributed by atoms with Crippen molar-refractivity contribution < 1.29 is 18.7 Å². The fourth-order valence-electron chi connectivity index (χ4n) is 4.73. The van der Waals surface area contributed by atoms with Gasteiger partial charge in [-0.2, -0.15) is 0 Å². The van der Waals surface area contributed by atoms with E-state index in [-0.39, 0.29) is 17.6 Å². The van der Waals surface area contributed by atoms with Crippen LogP contribution in [0.4, 0.5) is 4.39 Å². The van der Waals surface area contributed by atoms with Gasteiger partial charge in [-0.25, -0.2) is 4.39 Å². The van der Waals surface area contributed by atoms with Gasteiger partial charge in [-0.05, 0) is 72.6 Å². The largest absolute Gasteiger partial charge is 0.497 e. The van der Waals surface area contributed by atoms with Crippen LogP contribution in [0.25, 0.3) is 0 Å². The molecule has 4 rings (SSSR count). The summed E-state index contributed by atoms with van der Waals surface area (Å²) in [7, 11) is 1.67. The van der Waals surface area contributed by atoms with Crippen molar-refractivity contribution in [1.29, 1.82) is 0 Å². The summed E-state index contributed by atoms with van der Waals surface area (Å²) in [6.07, 6.45) is 4.08. The molecule has 2 heterocycles. The van der Waals surface area contributed by atoms with E-state index in [9.17, 15) is 14.0 Å². The number of methoxy groups -OCH3 is 1. The summed E-state index contributed by atoms with van der Waals surface area (Å²) in [6.45, 7) is 2.80. The van der Waals surface area contributed by atoms with Crippen LogP contribution in [-0.2, 0) is 29.0 Å². The van der Waals surface area contributed by atoms with Crippen molar-refractivity contribution in [3.8, 4) is 5.75 Å². The number of benzene rings is 2. The van der Waals surface area contributed by atoms with Gasteiger partial charge in [0.25, 0.3) is 0 Å². The predicted molar refractivity (Wildman–Crippen MR) is 121 cm³/mol. The second-order valence-corrected chi connectivity index (χ2v) is 8.86. The summed E-state index contributed by atoms with van der Waals surface area (Å²) in [5.41, 5.74) is 3.31. The highest BCUT2D eigenvalue weighted by atomic mass is 19.1. The zero-order chi connectivity index (χ0) is 22.5. The third kappa shape index (κ3) is 5.47. The Hall–Kier alpha value is -2.89. The first-order valence-electron chi connectivity index (χ1n) is 11.5. The molecule has 1 saturated heterocycles. The number of rotatable bonds is 6. The normalized spacial score (nSPS) is 16.6. The molecule has 0 aliphatic carbocycles. The van der Waals surface area contributed by atoms with Crippen molar-refractivity contribution in [3.63, 3.8) is 0 Å². The summed E-state index contributed by atoms with van der Waals surface area (Å²) in [6, 6.07) is 12.5. The smallest absolute Gasteiger partial charge is 0.223 e. The zero-order valence-corrected chi connectivity index (χ0v) is 18.7. The van der Waals surface area contributed by atoms with E-state index in [1.54, 1.807) is 13.2 Å². The molecule has 0 aromatic heterocycles. The SMILES string of the molecule is COc1ccc2c(c1)CCN(C(=O)CC1CCN(C(=O)CCc3cccc(F)c3)CC1)C2. The summed E-state index contributed by atoms with van der Waals surface area (Å²) in [5, 5.41) is 0. The van der Waals surface area contributed by atoms with Gasteiger partial charge in [0.15, 0.2) is 0 Å². The number of carbonyl (C=O) groups excluding carboxylic acids is 2. The second-order valence-electron chi connectivity index (χ2n) is 8.86. The summed E-state index contributed by atoms with van der Waals surface area (Å²) in [5.74, 6) is 1.25. The molecule has 0 atom stereocenters. The number of piperidine rings is 1. The third-order valence-electron chi connectivity index (χ3n) is 6.73. The molecule has 0 N–H and O–H groups in total. The van der Waals surface area contributed by atoms with Gasteiger partial charge in [-0.15, -0.1) is 0 Å². The fourth-order valence-corrected chi connectivity index (χ4v) is 4.73. The average molecular weight is 439 g/mol. The molecule has 170 valence electrons. The lowest BCUT2D eigenvalue weighted by molar-refractivity contribution is -0.134. The minimum absolute atomic E-state index is 0.113. The molecule has 2 amide bonds. The number of likely N-dealkylation sites (tertiary alicyclic amines) is 1. The molecule has 5 nitrogen and oxygen atoms in total. The van der Waals surface area contributed by atoms with E-state index in [2.05, 4.69) is 12.1 Å². The minimum Gasteiger partial charge on any atom is -0.497 e. The maximum Gasteiger partial charge on any atom is 0.223 e. The van der Waals surface area contributed by atoms with Crippen LogP contribution >= 0.6 is 0 Å². The quantitative estimate of drug-likeness (QED) is 0.686. The first-order valence-corrected chi connectivity index (χ1v) is 11.5. The third-order valence-corrected chi connectivity index (χ3v) is 6.73. The van der Waals surface area contributed by atoms with Crippen LogP contribution in [0.3, 0.4) is 0 Å². The number of halogens is 1. The standard InChI is InChI=1S/C26H31FN2O3/c1-32-24-7-6-22-18-29(14-11-21(22)17-24)26(31)16-20-9-12-28(13-10-20)25(30)8-5-19-3-2-4-23(27)15-19/h2-4,6-7,15,17,20H,5,8-14,16,18H2,1H3. The van der Waals surface area contributed by atoms with Crippen molar-refractivity contribution in [2.75, 3.05) is 26.7 Å². The Kier molecular flexibility index (Phi) is 7.08. The number of hydrogen-bond acceptors (Lipinski definition) is 3. The van der Waals surface area contributed by atoms with E-state index in [0.717, 1.165) is 37.1 Å². The first-order chi connectivity index (χ1) is 15.5. The highest BCUT2D eigenvalue weighted by molar-refractivity contribution is 5.77. The second kappa shape index (κ2) is 10.2. The Labute approximate surface area is 189 Å². The van der Waals surface area contributed by atoms with Crippen LogP contribution in [-0.4, -0.2) is 48.4 Å². The molecule has 0 radical (unpaired) electrons. The fraction of sp³-hybridized carbons (Fsp3) is 0.462. The lowest BCUT2D eigenvalue weighted by atomic mass is 9.92. The molecule has 0 unspecified atom stereocenters. The van der Waals surface area contributed by atoms with Gasteiger partial charge in [-0.1, -0.05) is 18.2 Å². The lowest BCUT2D eigenvalue weighted by Gasteiger charge is -2.34. The highest BCUT2D eigenvalue weighted by Gasteiger charge is 2.27. The average Bonchev–Trinajstić information content (AvgIpc) is 2.82. The molecule has 0 bridgehead atoms. The number of amides is 2. The Bertz CT molecular complexity index is 969. The molecule has 2 aromatic carbocycles. The van der Waals surface area contributed by atoms with E-state index in [0.29, 0.717) is 44.8 Å². The van der Waals surface area contributed by atoms with Crippen LogP contribution in [0, 0.1) is 11.7 Å². The minimum atomic E-state index is -0.266. The molecule has 1 fully saturated rings. The molecule has 6 heteroatoms. The number of carbonyl (C=O) groups is 2. The molecule has 0 spiro atoms. The predicted octanol–water partition coefficient (Wildman–Crippen LogP) is 3.98. The Morgan fingerprint density at radius 1 is 1.00 bits per heavy atom. The first kappa shape index (κ1) is 22.3. The van der Waals surface area contributed by atoms with Crippen LogP contribution in [0.2, 0.25) is 0 Å². The number of hydrogen-bond donors (Lipinski definition) is 0. The van der Waals surface area contributed by atoms with Crippen LogP contribution < -0.4 is 4.74 Å². The maximum absolute atomic E-state index is 13.3. The molecular weight excluding hydrogens is 407 g/mol. The van der Waals surface area contributed by atoms with Crippen molar-refractivity contribution in [3.05, 3.63) is 65.0 Å². The topological polar surface area (TPSA) is 49.9 Å².